The van der Waals surface area contributed by atoms with E-state index >= 15 is 0 Å². The highest BCUT2D eigenvalue weighted by molar-refractivity contribution is 5.80. The van der Waals surface area contributed by atoms with E-state index in [1.54, 1.807) is 12.4 Å². The smallest absolute Gasteiger partial charge is 0.191 e. The molecule has 1 unspecified atom stereocenters. The molecule has 0 saturated carbocycles. The first-order chi connectivity index (χ1) is 7.05. The van der Waals surface area contributed by atoms with E-state index < -0.39 is 0 Å². The molecule has 1 aromatic heterocycles. The lowest BCUT2D eigenvalue weighted by Gasteiger charge is -2.32. The van der Waals surface area contributed by atoms with Crippen LogP contribution >= 0.6 is 0 Å². The predicted octanol–water partition coefficient (Wildman–Crippen LogP) is 0.260. The number of aryl methyl sites for hydroxylation is 1. The number of likely N-dealkylation sites (N-methyl/N-ethyl adjacent to an activating group) is 1. The van der Waals surface area contributed by atoms with Crippen molar-refractivity contribution in [2.45, 2.75) is 19.4 Å². The Hall–Kier alpha value is -1.65. The molecule has 1 aromatic rings. The average molecular weight is 205 g/mol. The van der Waals surface area contributed by atoms with Crippen LogP contribution in [0.2, 0.25) is 0 Å². The molecule has 0 bridgehead atoms. The number of hydrogen-bond acceptors (Lipinski definition) is 5. The van der Waals surface area contributed by atoms with Gasteiger partial charge in [0.1, 0.15) is 5.54 Å². The van der Waals surface area contributed by atoms with Gasteiger partial charge in [0.2, 0.25) is 0 Å². The molecule has 1 aliphatic rings. The molecular formula is C10H15N5. The summed E-state index contributed by atoms with van der Waals surface area (Å²) in [5.74, 6) is 0.558. The highest BCUT2D eigenvalue weighted by Gasteiger charge is 2.39. The molecule has 80 valence electrons. The summed E-state index contributed by atoms with van der Waals surface area (Å²) in [6, 6.07) is 0. The van der Waals surface area contributed by atoms with Crippen molar-refractivity contribution in [2.75, 3.05) is 13.6 Å². The molecule has 0 aliphatic carbocycles. The summed E-state index contributed by atoms with van der Waals surface area (Å²) in [6.45, 7) is 4.66. The summed E-state index contributed by atoms with van der Waals surface area (Å²) in [5.41, 5.74) is 7.38. The van der Waals surface area contributed by atoms with Crippen LogP contribution in [-0.2, 0) is 5.54 Å². The van der Waals surface area contributed by atoms with Crippen molar-refractivity contribution in [3.05, 3.63) is 23.8 Å². The molecule has 1 atom stereocenters. The van der Waals surface area contributed by atoms with E-state index in [0.29, 0.717) is 12.5 Å². The number of aliphatic imine (C=N–C) groups is 1. The van der Waals surface area contributed by atoms with Crippen molar-refractivity contribution in [1.82, 2.24) is 14.9 Å². The number of aromatic nitrogens is 2. The second-order valence-electron chi connectivity index (χ2n) is 4.00. The van der Waals surface area contributed by atoms with Crippen LogP contribution in [0.3, 0.4) is 0 Å². The minimum atomic E-state index is -0.261. The van der Waals surface area contributed by atoms with Crippen LogP contribution in [0.5, 0.6) is 0 Å². The highest BCUT2D eigenvalue weighted by atomic mass is 15.3. The maximum absolute atomic E-state index is 5.77. The Balaban J connectivity index is 2.44. The Morgan fingerprint density at radius 1 is 1.40 bits per heavy atom. The van der Waals surface area contributed by atoms with E-state index in [1.807, 2.05) is 18.9 Å². The van der Waals surface area contributed by atoms with Gasteiger partial charge in [-0.2, -0.15) is 0 Å². The normalized spacial score (nSPS) is 25.5. The van der Waals surface area contributed by atoms with E-state index in [-0.39, 0.29) is 5.54 Å². The van der Waals surface area contributed by atoms with Crippen molar-refractivity contribution in [3.8, 4) is 0 Å². The first-order valence-electron chi connectivity index (χ1n) is 4.87. The van der Waals surface area contributed by atoms with E-state index in [2.05, 4.69) is 21.9 Å². The van der Waals surface area contributed by atoms with E-state index in [0.717, 1.165) is 11.4 Å². The van der Waals surface area contributed by atoms with Crippen LogP contribution < -0.4 is 5.73 Å². The Labute approximate surface area is 89.0 Å². The molecule has 1 aliphatic heterocycles. The maximum atomic E-state index is 5.77. The zero-order valence-electron chi connectivity index (χ0n) is 9.23. The van der Waals surface area contributed by atoms with E-state index in [1.165, 1.54) is 0 Å². The maximum Gasteiger partial charge on any atom is 0.191 e. The van der Waals surface area contributed by atoms with Crippen molar-refractivity contribution in [1.29, 1.82) is 0 Å². The first kappa shape index (κ1) is 9.89. The lowest BCUT2D eigenvalue weighted by atomic mass is 9.95. The fraction of sp³-hybridized carbons (Fsp3) is 0.500. The number of nitrogens with zero attached hydrogens (tertiary/aromatic N) is 4. The monoisotopic (exact) mass is 205 g/mol. The molecule has 0 spiro atoms. The molecule has 0 amide bonds. The van der Waals surface area contributed by atoms with Gasteiger partial charge in [0.25, 0.3) is 0 Å². The third-order valence-corrected chi connectivity index (χ3v) is 3.02. The van der Waals surface area contributed by atoms with Gasteiger partial charge < -0.3 is 10.6 Å². The summed E-state index contributed by atoms with van der Waals surface area (Å²) in [7, 11) is 1.93. The van der Waals surface area contributed by atoms with Gasteiger partial charge in [-0.25, -0.2) is 0 Å². The zero-order valence-corrected chi connectivity index (χ0v) is 9.23. The molecule has 5 nitrogen and oxygen atoms in total. The zero-order chi connectivity index (χ0) is 11.1. The molecule has 5 heteroatoms. The second kappa shape index (κ2) is 3.18. The minimum Gasteiger partial charge on any atom is -0.370 e. The number of guanidine groups is 1. The summed E-state index contributed by atoms with van der Waals surface area (Å²) < 4.78 is 0. The molecule has 15 heavy (non-hydrogen) atoms. The summed E-state index contributed by atoms with van der Waals surface area (Å²) in [5, 5.41) is 0. The van der Waals surface area contributed by atoms with Crippen LogP contribution in [0.15, 0.2) is 17.4 Å². The summed E-state index contributed by atoms with van der Waals surface area (Å²) >= 11 is 0. The molecule has 2 rings (SSSR count). The minimum absolute atomic E-state index is 0.261. The third-order valence-electron chi connectivity index (χ3n) is 3.02. The Morgan fingerprint density at radius 2 is 2.07 bits per heavy atom. The lowest BCUT2D eigenvalue weighted by Crippen LogP contribution is -2.45. The second-order valence-corrected chi connectivity index (χ2v) is 4.00. The largest absolute Gasteiger partial charge is 0.370 e. The SMILES string of the molecule is Cc1nccnc1C1(C)CN=C(N)N1C. The van der Waals surface area contributed by atoms with Gasteiger partial charge in [-0.15, -0.1) is 0 Å². The third kappa shape index (κ3) is 1.35. The van der Waals surface area contributed by atoms with Gasteiger partial charge >= 0.3 is 0 Å². The highest BCUT2D eigenvalue weighted by Crippen LogP contribution is 2.30. The van der Waals surface area contributed by atoms with Crippen molar-refractivity contribution >= 4 is 5.96 Å². The van der Waals surface area contributed by atoms with Crippen molar-refractivity contribution in [3.63, 3.8) is 0 Å². The number of nitrogens with two attached hydrogens (primary N) is 1. The van der Waals surface area contributed by atoms with Crippen molar-refractivity contribution in [2.24, 2.45) is 10.7 Å². The van der Waals surface area contributed by atoms with Gasteiger partial charge in [-0.3, -0.25) is 15.0 Å². The van der Waals surface area contributed by atoms with E-state index in [4.69, 9.17) is 5.73 Å². The van der Waals surface area contributed by atoms with Gasteiger partial charge in [0, 0.05) is 19.4 Å². The first-order valence-corrected chi connectivity index (χ1v) is 4.87. The fourth-order valence-corrected chi connectivity index (χ4v) is 1.87. The van der Waals surface area contributed by atoms with Crippen LogP contribution in [0, 0.1) is 6.92 Å². The molecule has 0 fully saturated rings. The molecule has 2 heterocycles. The topological polar surface area (TPSA) is 67.4 Å². The van der Waals surface area contributed by atoms with Gasteiger partial charge in [0.05, 0.1) is 17.9 Å². The average Bonchev–Trinajstić information content (AvgIpc) is 2.48. The number of rotatable bonds is 1. The van der Waals surface area contributed by atoms with Gasteiger partial charge in [-0.05, 0) is 13.8 Å². The fourth-order valence-electron chi connectivity index (χ4n) is 1.87. The van der Waals surface area contributed by atoms with E-state index in [9.17, 15) is 0 Å². The van der Waals surface area contributed by atoms with Crippen LogP contribution in [0.4, 0.5) is 0 Å². The standard InChI is InChI=1S/C10H15N5/c1-7-8(13-5-4-12-7)10(2)6-14-9(11)15(10)3/h4-5H,6H2,1-3H3,(H2,11,14). The van der Waals surface area contributed by atoms with Crippen molar-refractivity contribution < 1.29 is 0 Å². The molecule has 0 aromatic carbocycles. The summed E-state index contributed by atoms with van der Waals surface area (Å²) in [6.07, 6.45) is 3.40. The molecular weight excluding hydrogens is 190 g/mol. The van der Waals surface area contributed by atoms with Crippen LogP contribution in [0.25, 0.3) is 0 Å². The number of hydrogen-bond donors (Lipinski definition) is 1. The Kier molecular flexibility index (Phi) is 2.10. The molecule has 0 saturated heterocycles. The summed E-state index contributed by atoms with van der Waals surface area (Å²) in [4.78, 5) is 14.8. The predicted molar refractivity (Wildman–Crippen MR) is 58.4 cm³/mol. The Bertz CT molecular complexity index is 414. The quantitative estimate of drug-likeness (QED) is 0.714. The Morgan fingerprint density at radius 3 is 2.60 bits per heavy atom. The van der Waals surface area contributed by atoms with Gasteiger partial charge in [-0.1, -0.05) is 0 Å². The molecule has 0 radical (unpaired) electrons. The van der Waals surface area contributed by atoms with Crippen LogP contribution in [0.1, 0.15) is 18.3 Å². The molecule has 2 N–H and O–H groups in total. The van der Waals surface area contributed by atoms with Gasteiger partial charge in [0.15, 0.2) is 5.96 Å². The van der Waals surface area contributed by atoms with Crippen LogP contribution in [-0.4, -0.2) is 34.4 Å². The lowest BCUT2D eigenvalue weighted by molar-refractivity contribution is 0.257.